The highest BCUT2D eigenvalue weighted by atomic mass is 16.5. The molecular weight excluding hydrogens is 340 g/mol. The molecule has 4 rings (SSSR count). The number of fused-ring (bicyclic) bond motifs is 1. The first kappa shape index (κ1) is 18.4. The third kappa shape index (κ3) is 3.73. The highest BCUT2D eigenvalue weighted by Crippen LogP contribution is 2.31. The molecule has 0 unspecified atom stereocenters. The van der Waals surface area contributed by atoms with Crippen LogP contribution in [0, 0.1) is 12.3 Å². The Morgan fingerprint density at radius 2 is 1.89 bits per heavy atom. The molecule has 0 aromatic carbocycles. The summed E-state index contributed by atoms with van der Waals surface area (Å²) in [4.78, 5) is 22.4. The molecule has 27 heavy (non-hydrogen) atoms. The fourth-order valence-electron chi connectivity index (χ4n) is 4.02. The molecule has 0 spiro atoms. The van der Waals surface area contributed by atoms with Gasteiger partial charge in [-0.25, -0.2) is 4.98 Å². The van der Waals surface area contributed by atoms with Crippen LogP contribution in [0.25, 0.3) is 5.65 Å². The number of rotatable bonds is 3. The first-order valence-electron chi connectivity index (χ1n) is 10.0. The zero-order valence-corrected chi connectivity index (χ0v) is 16.7. The number of amides is 1. The largest absolute Gasteiger partial charge is 0.378 e. The quantitative estimate of drug-likeness (QED) is 0.834. The average Bonchev–Trinajstić information content (AvgIpc) is 3.03. The van der Waals surface area contributed by atoms with E-state index in [9.17, 15) is 4.79 Å². The Morgan fingerprint density at radius 1 is 1.19 bits per heavy atom. The fraction of sp³-hybridized carbons (Fsp3) is 0.619. The number of carbonyl (C=O) groups excluding carboxylic acids is 1. The minimum atomic E-state index is 0.0359. The lowest BCUT2D eigenvalue weighted by molar-refractivity contribution is 0.0297. The van der Waals surface area contributed by atoms with Gasteiger partial charge in [0, 0.05) is 25.8 Å². The summed E-state index contributed by atoms with van der Waals surface area (Å²) in [5.41, 5.74) is 4.03. The van der Waals surface area contributed by atoms with Gasteiger partial charge >= 0.3 is 0 Å². The van der Waals surface area contributed by atoms with E-state index >= 15 is 0 Å². The second kappa shape index (κ2) is 7.24. The Labute approximate surface area is 161 Å². The van der Waals surface area contributed by atoms with Gasteiger partial charge in [-0.1, -0.05) is 19.9 Å². The smallest absolute Gasteiger partial charge is 0.274 e. The molecule has 0 atom stereocenters. The normalized spacial score (nSPS) is 20.9. The highest BCUT2D eigenvalue weighted by Gasteiger charge is 2.29. The molecule has 2 aliphatic rings. The summed E-state index contributed by atoms with van der Waals surface area (Å²) in [7, 11) is 0. The topological polar surface area (TPSA) is 50.1 Å². The summed E-state index contributed by atoms with van der Waals surface area (Å²) >= 11 is 0. The van der Waals surface area contributed by atoms with Gasteiger partial charge in [0.05, 0.1) is 18.9 Å². The van der Waals surface area contributed by atoms with Gasteiger partial charge in [-0.3, -0.25) is 9.69 Å². The lowest BCUT2D eigenvalue weighted by Gasteiger charge is -2.37. The molecular formula is C21H30N4O2. The van der Waals surface area contributed by atoms with Gasteiger partial charge in [0.1, 0.15) is 5.65 Å². The highest BCUT2D eigenvalue weighted by molar-refractivity contribution is 5.94. The first-order chi connectivity index (χ1) is 12.9. The Morgan fingerprint density at radius 3 is 2.59 bits per heavy atom. The van der Waals surface area contributed by atoms with Crippen LogP contribution in [0.4, 0.5) is 0 Å². The van der Waals surface area contributed by atoms with Crippen LogP contribution >= 0.6 is 0 Å². The van der Waals surface area contributed by atoms with Crippen molar-refractivity contribution in [3.63, 3.8) is 0 Å². The van der Waals surface area contributed by atoms with E-state index in [2.05, 4.69) is 36.1 Å². The van der Waals surface area contributed by atoms with E-state index < -0.39 is 0 Å². The Balaban J connectivity index is 1.67. The standard InChI is InChI=1S/C21H30N4O2/c1-16-5-4-8-25-17(15-23-9-6-21(2,3)7-10-23)18(22-19(16)25)20(26)24-11-13-27-14-12-24/h4-5,8H,6-7,9-15H2,1-3H3. The number of carbonyl (C=O) groups is 1. The maximum Gasteiger partial charge on any atom is 0.274 e. The maximum absolute atomic E-state index is 13.2. The van der Waals surface area contributed by atoms with Crippen molar-refractivity contribution in [1.29, 1.82) is 0 Å². The average molecular weight is 370 g/mol. The predicted octanol–water partition coefficient (Wildman–Crippen LogP) is 2.74. The molecule has 0 N–H and O–H groups in total. The van der Waals surface area contributed by atoms with Crippen LogP contribution in [0.2, 0.25) is 0 Å². The molecule has 6 nitrogen and oxygen atoms in total. The third-order valence-electron chi connectivity index (χ3n) is 6.03. The number of hydrogen-bond acceptors (Lipinski definition) is 4. The van der Waals surface area contributed by atoms with E-state index in [0.717, 1.165) is 36.5 Å². The maximum atomic E-state index is 13.2. The Kier molecular flexibility index (Phi) is 4.95. The van der Waals surface area contributed by atoms with Gasteiger partial charge in [0.15, 0.2) is 5.69 Å². The van der Waals surface area contributed by atoms with Crippen molar-refractivity contribution in [1.82, 2.24) is 19.2 Å². The number of imidazole rings is 1. The number of pyridine rings is 1. The van der Waals surface area contributed by atoms with E-state index in [1.807, 2.05) is 17.2 Å². The van der Waals surface area contributed by atoms with Crippen LogP contribution in [-0.2, 0) is 11.3 Å². The minimum Gasteiger partial charge on any atom is -0.378 e. The number of aryl methyl sites for hydroxylation is 1. The molecule has 146 valence electrons. The van der Waals surface area contributed by atoms with Gasteiger partial charge in [0.25, 0.3) is 5.91 Å². The van der Waals surface area contributed by atoms with E-state index in [1.54, 1.807) is 0 Å². The zero-order valence-electron chi connectivity index (χ0n) is 16.7. The Hall–Kier alpha value is -1.92. The zero-order chi connectivity index (χ0) is 19.0. The molecule has 2 fully saturated rings. The van der Waals surface area contributed by atoms with Crippen LogP contribution < -0.4 is 0 Å². The van der Waals surface area contributed by atoms with E-state index in [-0.39, 0.29) is 5.91 Å². The molecule has 4 heterocycles. The number of hydrogen-bond donors (Lipinski definition) is 0. The van der Waals surface area contributed by atoms with Crippen LogP contribution in [-0.4, -0.2) is 64.5 Å². The predicted molar refractivity (Wildman–Crippen MR) is 105 cm³/mol. The van der Waals surface area contributed by atoms with Crippen LogP contribution in [0.5, 0.6) is 0 Å². The van der Waals surface area contributed by atoms with Crippen molar-refractivity contribution in [2.75, 3.05) is 39.4 Å². The molecule has 0 saturated carbocycles. The number of ether oxygens (including phenoxy) is 1. The van der Waals surface area contributed by atoms with Crippen molar-refractivity contribution in [3.05, 3.63) is 35.3 Å². The van der Waals surface area contributed by atoms with E-state index in [1.165, 1.54) is 12.8 Å². The van der Waals surface area contributed by atoms with Crippen molar-refractivity contribution in [2.45, 2.75) is 40.2 Å². The molecule has 6 heteroatoms. The van der Waals surface area contributed by atoms with E-state index in [0.29, 0.717) is 37.4 Å². The number of aromatic nitrogens is 2. The molecule has 0 bridgehead atoms. The van der Waals surface area contributed by atoms with Gasteiger partial charge in [-0.05, 0) is 49.9 Å². The minimum absolute atomic E-state index is 0.0359. The number of piperidine rings is 1. The number of nitrogens with zero attached hydrogens (tertiary/aromatic N) is 4. The Bertz CT molecular complexity index is 826. The fourth-order valence-corrected chi connectivity index (χ4v) is 4.02. The lowest BCUT2D eigenvalue weighted by Crippen LogP contribution is -2.42. The van der Waals surface area contributed by atoms with Crippen molar-refractivity contribution in [3.8, 4) is 0 Å². The van der Waals surface area contributed by atoms with Crippen molar-refractivity contribution >= 4 is 11.6 Å². The van der Waals surface area contributed by atoms with Crippen LogP contribution in [0.3, 0.4) is 0 Å². The van der Waals surface area contributed by atoms with Crippen molar-refractivity contribution < 1.29 is 9.53 Å². The molecule has 2 aromatic heterocycles. The lowest BCUT2D eigenvalue weighted by atomic mass is 9.82. The second-order valence-electron chi connectivity index (χ2n) is 8.64. The van der Waals surface area contributed by atoms with Gasteiger partial charge in [-0.2, -0.15) is 0 Å². The summed E-state index contributed by atoms with van der Waals surface area (Å²) in [6.45, 7) is 12.1. The number of morpholine rings is 1. The summed E-state index contributed by atoms with van der Waals surface area (Å²) in [6.07, 6.45) is 4.42. The number of likely N-dealkylation sites (tertiary alicyclic amines) is 1. The summed E-state index contributed by atoms with van der Waals surface area (Å²) in [5, 5.41) is 0. The molecule has 2 aliphatic heterocycles. The second-order valence-corrected chi connectivity index (χ2v) is 8.64. The summed E-state index contributed by atoms with van der Waals surface area (Å²) in [6, 6.07) is 4.09. The van der Waals surface area contributed by atoms with E-state index in [4.69, 9.17) is 9.72 Å². The monoisotopic (exact) mass is 370 g/mol. The van der Waals surface area contributed by atoms with Gasteiger partial charge < -0.3 is 14.0 Å². The first-order valence-corrected chi connectivity index (χ1v) is 10.0. The van der Waals surface area contributed by atoms with Crippen LogP contribution in [0.15, 0.2) is 18.3 Å². The third-order valence-corrected chi connectivity index (χ3v) is 6.03. The molecule has 2 saturated heterocycles. The van der Waals surface area contributed by atoms with Gasteiger partial charge in [-0.15, -0.1) is 0 Å². The summed E-state index contributed by atoms with van der Waals surface area (Å²) in [5.74, 6) is 0.0359. The van der Waals surface area contributed by atoms with Crippen LogP contribution in [0.1, 0.15) is 48.4 Å². The summed E-state index contributed by atoms with van der Waals surface area (Å²) < 4.78 is 7.52. The molecule has 0 aliphatic carbocycles. The SMILES string of the molecule is Cc1cccn2c(CN3CCC(C)(C)CC3)c(C(=O)N3CCOCC3)nc12. The van der Waals surface area contributed by atoms with Gasteiger partial charge in [0.2, 0.25) is 0 Å². The molecule has 0 radical (unpaired) electrons. The molecule has 2 aromatic rings. The molecule has 1 amide bonds. The van der Waals surface area contributed by atoms with Crippen molar-refractivity contribution in [2.24, 2.45) is 5.41 Å².